The van der Waals surface area contributed by atoms with Crippen LogP contribution < -0.4 is 0 Å². The Kier molecular flexibility index (Phi) is 5.42. The maximum absolute atomic E-state index is 14.0. The second kappa shape index (κ2) is 7.12. The number of rotatable bonds is 3. The molecular formula is C17H25ClFN3O2S. The molecule has 8 heteroatoms. The summed E-state index contributed by atoms with van der Waals surface area (Å²) in [7, 11) is 0.594. The highest BCUT2D eigenvalue weighted by Gasteiger charge is 2.44. The molecule has 2 aliphatic heterocycles. The molecule has 25 heavy (non-hydrogen) atoms. The van der Waals surface area contributed by atoms with Crippen molar-refractivity contribution in [2.24, 2.45) is 0 Å². The summed E-state index contributed by atoms with van der Waals surface area (Å²) in [5.41, 5.74) is 0.0527. The van der Waals surface area contributed by atoms with Crippen molar-refractivity contribution in [1.82, 2.24) is 14.1 Å². The van der Waals surface area contributed by atoms with Crippen molar-refractivity contribution in [1.29, 1.82) is 0 Å². The lowest BCUT2D eigenvalue weighted by atomic mass is 9.84. The highest BCUT2D eigenvalue weighted by atomic mass is 35.5. The minimum atomic E-state index is -3.57. The van der Waals surface area contributed by atoms with Gasteiger partial charge in [-0.25, -0.2) is 12.8 Å². The third-order valence-corrected chi connectivity index (χ3v) is 7.64. The molecule has 3 rings (SSSR count). The molecule has 2 saturated heterocycles. The molecule has 2 fully saturated rings. The van der Waals surface area contributed by atoms with Gasteiger partial charge >= 0.3 is 0 Å². The predicted molar refractivity (Wildman–Crippen MR) is 97.7 cm³/mol. The average Bonchev–Trinajstić information content (AvgIpc) is 2.55. The lowest BCUT2D eigenvalue weighted by Crippen LogP contribution is -2.64. The van der Waals surface area contributed by atoms with Crippen LogP contribution in [0.2, 0.25) is 5.02 Å². The number of hydrogen-bond acceptors (Lipinski definition) is 4. The van der Waals surface area contributed by atoms with Gasteiger partial charge in [0, 0.05) is 35.8 Å². The number of benzene rings is 1. The van der Waals surface area contributed by atoms with Gasteiger partial charge in [0.1, 0.15) is 5.82 Å². The Labute approximate surface area is 154 Å². The molecule has 0 aliphatic carbocycles. The first-order valence-electron chi connectivity index (χ1n) is 8.53. The van der Waals surface area contributed by atoms with Crippen LogP contribution >= 0.6 is 11.6 Å². The fraction of sp³-hybridized carbons (Fsp3) is 0.647. The van der Waals surface area contributed by atoms with Crippen molar-refractivity contribution in [2.45, 2.75) is 24.1 Å². The highest BCUT2D eigenvalue weighted by molar-refractivity contribution is 7.88. The van der Waals surface area contributed by atoms with Gasteiger partial charge in [-0.3, -0.25) is 4.90 Å². The first-order valence-corrected chi connectivity index (χ1v) is 10.5. The molecule has 0 N–H and O–H groups in total. The van der Waals surface area contributed by atoms with Crippen molar-refractivity contribution >= 4 is 21.6 Å². The van der Waals surface area contributed by atoms with Crippen molar-refractivity contribution in [3.8, 4) is 0 Å². The summed E-state index contributed by atoms with van der Waals surface area (Å²) < 4.78 is 41.3. The van der Waals surface area contributed by atoms with E-state index in [9.17, 15) is 12.8 Å². The van der Waals surface area contributed by atoms with Crippen LogP contribution in [0.25, 0.3) is 0 Å². The van der Waals surface area contributed by atoms with Gasteiger partial charge in [-0.05, 0) is 52.2 Å². The van der Waals surface area contributed by atoms with Crippen molar-refractivity contribution in [3.63, 3.8) is 0 Å². The van der Waals surface area contributed by atoms with Gasteiger partial charge in [-0.1, -0.05) is 17.7 Å². The molecule has 0 radical (unpaired) electrons. The van der Waals surface area contributed by atoms with E-state index in [1.807, 2.05) is 0 Å². The number of likely N-dealkylation sites (tertiary alicyclic amines) is 1. The Balaban J connectivity index is 1.78. The van der Waals surface area contributed by atoms with E-state index in [0.29, 0.717) is 19.6 Å². The van der Waals surface area contributed by atoms with Crippen molar-refractivity contribution in [2.75, 3.05) is 46.8 Å². The average molecular weight is 390 g/mol. The summed E-state index contributed by atoms with van der Waals surface area (Å²) in [6, 6.07) is 4.14. The lowest BCUT2D eigenvalue weighted by Gasteiger charge is -2.52. The first-order chi connectivity index (χ1) is 11.7. The monoisotopic (exact) mass is 389 g/mol. The smallest absolute Gasteiger partial charge is 0.218 e. The van der Waals surface area contributed by atoms with Crippen LogP contribution in [0.15, 0.2) is 18.2 Å². The maximum Gasteiger partial charge on any atom is 0.218 e. The zero-order chi connectivity index (χ0) is 18.2. The molecule has 1 spiro atoms. The predicted octanol–water partition coefficient (Wildman–Crippen LogP) is 2.02. The summed E-state index contributed by atoms with van der Waals surface area (Å²) in [5, 5.41) is 0.267. The molecule has 2 heterocycles. The Bertz CT molecular complexity index is 735. The Morgan fingerprint density at radius 3 is 2.48 bits per heavy atom. The Hall–Kier alpha value is -0.730. The molecule has 0 unspecified atom stereocenters. The number of piperazine rings is 1. The molecule has 0 aromatic heterocycles. The minimum absolute atomic E-state index is 0.115. The molecule has 2 aliphatic rings. The Morgan fingerprint density at radius 1 is 1.16 bits per heavy atom. The third kappa shape index (κ3) is 4.01. The molecule has 0 amide bonds. The second-order valence-electron chi connectivity index (χ2n) is 7.27. The minimum Gasteiger partial charge on any atom is -0.306 e. The van der Waals surface area contributed by atoms with Gasteiger partial charge < -0.3 is 4.90 Å². The number of nitrogens with zero attached hydrogens (tertiary/aromatic N) is 3. The van der Waals surface area contributed by atoms with Gasteiger partial charge in [0.2, 0.25) is 10.0 Å². The van der Waals surface area contributed by atoms with Crippen LogP contribution in [0.4, 0.5) is 4.39 Å². The highest BCUT2D eigenvalue weighted by Crippen LogP contribution is 2.33. The molecule has 5 nitrogen and oxygen atoms in total. The molecule has 0 atom stereocenters. The standard InChI is InChI=1S/C17H25ClFN3O2S/c1-20-7-5-17(6-8-20)13-22(10-9-21(17)2)25(23,24)12-14-3-4-15(18)11-16(14)19/h3-4,11H,5-10,12-13H2,1-2H3. The SMILES string of the molecule is CN1CCC2(CC1)CN(S(=O)(=O)Cc1ccc(Cl)cc1F)CCN2C. The van der Waals surface area contributed by atoms with Crippen molar-refractivity contribution in [3.05, 3.63) is 34.6 Å². The van der Waals surface area contributed by atoms with Gasteiger partial charge in [0.15, 0.2) is 0 Å². The van der Waals surface area contributed by atoms with E-state index in [1.54, 1.807) is 4.31 Å². The summed E-state index contributed by atoms with van der Waals surface area (Å²) in [6.07, 6.45) is 1.89. The van der Waals surface area contributed by atoms with Gasteiger partial charge in [0.05, 0.1) is 5.75 Å². The zero-order valence-electron chi connectivity index (χ0n) is 14.7. The number of likely N-dealkylation sites (N-methyl/N-ethyl adjacent to an activating group) is 1. The first kappa shape index (κ1) is 19.0. The fourth-order valence-electron chi connectivity index (χ4n) is 3.77. The molecule has 0 saturated carbocycles. The fourth-order valence-corrected chi connectivity index (χ4v) is 5.53. The maximum atomic E-state index is 14.0. The molecule has 140 valence electrons. The summed E-state index contributed by atoms with van der Waals surface area (Å²) >= 11 is 5.75. The van der Waals surface area contributed by atoms with E-state index in [1.165, 1.54) is 12.1 Å². The molecule has 0 bridgehead atoms. The van der Waals surface area contributed by atoms with E-state index in [-0.39, 0.29) is 21.9 Å². The summed E-state index contributed by atoms with van der Waals surface area (Å²) in [5.74, 6) is -0.894. The number of halogens is 2. The quantitative estimate of drug-likeness (QED) is 0.793. The second-order valence-corrected chi connectivity index (χ2v) is 9.68. The third-order valence-electron chi connectivity index (χ3n) is 5.63. The summed E-state index contributed by atoms with van der Waals surface area (Å²) in [4.78, 5) is 4.57. The van der Waals surface area contributed by atoms with Crippen LogP contribution in [0.3, 0.4) is 0 Å². The van der Waals surface area contributed by atoms with Crippen LogP contribution in [0, 0.1) is 5.82 Å². The lowest BCUT2D eigenvalue weighted by molar-refractivity contribution is 0.00210. The molecular weight excluding hydrogens is 365 g/mol. The Morgan fingerprint density at radius 2 is 1.84 bits per heavy atom. The van der Waals surface area contributed by atoms with E-state index < -0.39 is 15.8 Å². The zero-order valence-corrected chi connectivity index (χ0v) is 16.3. The molecule has 1 aromatic rings. The van der Waals surface area contributed by atoms with Gasteiger partial charge in [-0.15, -0.1) is 0 Å². The van der Waals surface area contributed by atoms with Crippen LogP contribution in [0.5, 0.6) is 0 Å². The van der Waals surface area contributed by atoms with E-state index in [0.717, 1.165) is 32.0 Å². The molecule has 1 aromatic carbocycles. The number of piperidine rings is 1. The number of hydrogen-bond donors (Lipinski definition) is 0. The van der Waals surface area contributed by atoms with Crippen molar-refractivity contribution < 1.29 is 12.8 Å². The summed E-state index contributed by atoms with van der Waals surface area (Å²) in [6.45, 7) is 3.56. The number of sulfonamides is 1. The van der Waals surface area contributed by atoms with Gasteiger partial charge in [0.25, 0.3) is 0 Å². The van der Waals surface area contributed by atoms with Crippen LogP contribution in [-0.4, -0.2) is 74.9 Å². The van der Waals surface area contributed by atoms with Crippen LogP contribution in [0.1, 0.15) is 18.4 Å². The van der Waals surface area contributed by atoms with Crippen LogP contribution in [-0.2, 0) is 15.8 Å². The largest absolute Gasteiger partial charge is 0.306 e. The van der Waals surface area contributed by atoms with E-state index in [4.69, 9.17) is 11.6 Å². The van der Waals surface area contributed by atoms with E-state index >= 15 is 0 Å². The normalized spacial score (nSPS) is 23.2. The van der Waals surface area contributed by atoms with E-state index in [2.05, 4.69) is 23.9 Å². The van der Waals surface area contributed by atoms with Gasteiger partial charge in [-0.2, -0.15) is 4.31 Å². The topological polar surface area (TPSA) is 43.9 Å².